The van der Waals surface area contributed by atoms with Crippen LogP contribution in [0.25, 0.3) is 10.6 Å². The van der Waals surface area contributed by atoms with Gasteiger partial charge in [-0.3, -0.25) is 4.79 Å². The molecule has 0 saturated heterocycles. The molecule has 3 rings (SSSR count). The van der Waals surface area contributed by atoms with E-state index in [1.165, 1.54) is 23.5 Å². The second-order valence-corrected chi connectivity index (χ2v) is 8.02. The van der Waals surface area contributed by atoms with Crippen LogP contribution in [0.3, 0.4) is 0 Å². The predicted octanol–water partition coefficient (Wildman–Crippen LogP) is 2.43. The van der Waals surface area contributed by atoms with E-state index in [2.05, 4.69) is 10.3 Å². The molecule has 0 fully saturated rings. The van der Waals surface area contributed by atoms with Gasteiger partial charge in [0, 0.05) is 17.5 Å². The number of sulfonamides is 1. The number of carbonyl (C=O) groups is 1. The Morgan fingerprint density at radius 2 is 1.77 bits per heavy atom. The van der Waals surface area contributed by atoms with Crippen molar-refractivity contribution in [2.24, 2.45) is 5.14 Å². The van der Waals surface area contributed by atoms with Crippen LogP contribution in [0.15, 0.2) is 64.9 Å². The first-order chi connectivity index (χ1) is 12.4. The van der Waals surface area contributed by atoms with Crippen molar-refractivity contribution < 1.29 is 13.2 Å². The summed E-state index contributed by atoms with van der Waals surface area (Å²) in [6, 6.07) is 16.0. The fourth-order valence-electron chi connectivity index (χ4n) is 2.35. The molecular weight excluding hydrogens is 370 g/mol. The number of hydrogen-bond donors (Lipinski definition) is 2. The molecule has 0 atom stereocenters. The number of rotatable bonds is 6. The molecule has 26 heavy (non-hydrogen) atoms. The molecule has 1 heterocycles. The number of carbonyl (C=O) groups excluding carboxylic acids is 1. The molecule has 3 N–H and O–H groups in total. The van der Waals surface area contributed by atoms with Gasteiger partial charge in [0.25, 0.3) is 5.91 Å². The lowest BCUT2D eigenvalue weighted by molar-refractivity contribution is 0.0950. The number of aromatic nitrogens is 1. The van der Waals surface area contributed by atoms with Gasteiger partial charge < -0.3 is 5.32 Å². The smallest absolute Gasteiger partial charge is 0.270 e. The second kappa shape index (κ2) is 7.77. The summed E-state index contributed by atoms with van der Waals surface area (Å²) in [4.78, 5) is 16.6. The predicted molar refractivity (Wildman–Crippen MR) is 101 cm³/mol. The Morgan fingerprint density at radius 3 is 2.42 bits per heavy atom. The quantitative estimate of drug-likeness (QED) is 0.678. The van der Waals surface area contributed by atoms with E-state index in [1.54, 1.807) is 17.5 Å². The normalized spacial score (nSPS) is 11.3. The van der Waals surface area contributed by atoms with Gasteiger partial charge >= 0.3 is 0 Å². The van der Waals surface area contributed by atoms with E-state index < -0.39 is 10.0 Å². The molecule has 134 valence electrons. The monoisotopic (exact) mass is 387 g/mol. The highest BCUT2D eigenvalue weighted by atomic mass is 32.2. The SMILES string of the molecule is NS(=O)(=O)c1ccc(CCNC(=O)c2csc(-c3ccccc3)n2)cc1. The lowest BCUT2D eigenvalue weighted by Gasteiger charge is -2.05. The van der Waals surface area contributed by atoms with Crippen molar-refractivity contribution in [1.29, 1.82) is 0 Å². The standard InChI is InChI=1S/C18H17N3O3S2/c19-26(23,24)15-8-6-13(7-9-15)10-11-20-17(22)16-12-25-18(21-16)14-4-2-1-3-5-14/h1-9,12H,10-11H2,(H,20,22)(H2,19,23,24). The number of thiazole rings is 1. The van der Waals surface area contributed by atoms with E-state index in [4.69, 9.17) is 5.14 Å². The van der Waals surface area contributed by atoms with Crippen LogP contribution in [0.5, 0.6) is 0 Å². The van der Waals surface area contributed by atoms with Crippen LogP contribution in [-0.2, 0) is 16.4 Å². The molecule has 3 aromatic rings. The van der Waals surface area contributed by atoms with Gasteiger partial charge in [0.2, 0.25) is 10.0 Å². The summed E-state index contributed by atoms with van der Waals surface area (Å²) in [7, 11) is -3.69. The van der Waals surface area contributed by atoms with E-state index in [-0.39, 0.29) is 10.8 Å². The lowest BCUT2D eigenvalue weighted by atomic mass is 10.1. The molecule has 1 amide bonds. The van der Waals surface area contributed by atoms with Gasteiger partial charge in [0.15, 0.2) is 0 Å². The van der Waals surface area contributed by atoms with Gasteiger partial charge in [-0.2, -0.15) is 0 Å². The third-order valence-corrected chi connectivity index (χ3v) is 5.53. The van der Waals surface area contributed by atoms with Crippen molar-refractivity contribution in [1.82, 2.24) is 10.3 Å². The summed E-state index contributed by atoms with van der Waals surface area (Å²) in [6.07, 6.45) is 0.576. The highest BCUT2D eigenvalue weighted by Gasteiger charge is 2.11. The number of benzene rings is 2. The molecule has 1 aromatic heterocycles. The van der Waals surface area contributed by atoms with E-state index in [0.29, 0.717) is 18.7 Å². The fourth-order valence-corrected chi connectivity index (χ4v) is 3.67. The molecule has 0 aliphatic rings. The number of nitrogens with one attached hydrogen (secondary N) is 1. The topological polar surface area (TPSA) is 102 Å². The van der Waals surface area contributed by atoms with Gasteiger partial charge in [-0.05, 0) is 24.1 Å². The van der Waals surface area contributed by atoms with Crippen LogP contribution < -0.4 is 10.5 Å². The average molecular weight is 387 g/mol. The van der Waals surface area contributed by atoms with Crippen LogP contribution in [0.2, 0.25) is 0 Å². The number of nitrogens with two attached hydrogens (primary N) is 1. The molecular formula is C18H17N3O3S2. The zero-order valence-corrected chi connectivity index (χ0v) is 15.4. The molecule has 6 nitrogen and oxygen atoms in total. The van der Waals surface area contributed by atoms with Gasteiger partial charge in [0.05, 0.1) is 4.90 Å². The van der Waals surface area contributed by atoms with Crippen LogP contribution in [0, 0.1) is 0 Å². The molecule has 0 unspecified atom stereocenters. The Bertz CT molecular complexity index is 998. The highest BCUT2D eigenvalue weighted by molar-refractivity contribution is 7.89. The summed E-state index contributed by atoms with van der Waals surface area (Å²) in [5, 5.41) is 10.4. The first-order valence-corrected chi connectivity index (χ1v) is 10.3. The molecule has 0 bridgehead atoms. The summed E-state index contributed by atoms with van der Waals surface area (Å²) >= 11 is 1.42. The molecule has 0 saturated carbocycles. The zero-order chi connectivity index (χ0) is 18.6. The Balaban J connectivity index is 1.55. The number of nitrogens with zero attached hydrogens (tertiary/aromatic N) is 1. The largest absolute Gasteiger partial charge is 0.350 e. The van der Waals surface area contributed by atoms with E-state index in [1.807, 2.05) is 30.3 Å². The Kier molecular flexibility index (Phi) is 5.46. The molecule has 0 radical (unpaired) electrons. The lowest BCUT2D eigenvalue weighted by Crippen LogP contribution is -2.26. The minimum Gasteiger partial charge on any atom is -0.350 e. The molecule has 2 aromatic carbocycles. The minimum absolute atomic E-state index is 0.0706. The maximum Gasteiger partial charge on any atom is 0.270 e. The second-order valence-electron chi connectivity index (χ2n) is 5.60. The summed E-state index contributed by atoms with van der Waals surface area (Å²) in [6.45, 7) is 0.422. The Hall–Kier alpha value is -2.55. The number of primary sulfonamides is 1. The van der Waals surface area contributed by atoms with Gasteiger partial charge in [0.1, 0.15) is 10.7 Å². The maximum absolute atomic E-state index is 12.2. The van der Waals surface area contributed by atoms with Crippen molar-refractivity contribution in [2.75, 3.05) is 6.54 Å². The van der Waals surface area contributed by atoms with Gasteiger partial charge in [-0.1, -0.05) is 42.5 Å². The molecule has 0 aliphatic carbocycles. The van der Waals surface area contributed by atoms with Gasteiger partial charge in [-0.25, -0.2) is 18.5 Å². The first-order valence-electron chi connectivity index (χ1n) is 7.84. The third-order valence-electron chi connectivity index (χ3n) is 3.71. The van der Waals surface area contributed by atoms with Crippen LogP contribution in [0.1, 0.15) is 16.1 Å². The third kappa shape index (κ3) is 4.54. The van der Waals surface area contributed by atoms with Crippen molar-refractivity contribution in [3.8, 4) is 10.6 Å². The minimum atomic E-state index is -3.69. The van der Waals surface area contributed by atoms with Crippen molar-refractivity contribution in [3.05, 3.63) is 71.2 Å². The van der Waals surface area contributed by atoms with Gasteiger partial charge in [-0.15, -0.1) is 11.3 Å². The van der Waals surface area contributed by atoms with Crippen LogP contribution in [-0.4, -0.2) is 25.9 Å². The molecule has 0 aliphatic heterocycles. The fraction of sp³-hybridized carbons (Fsp3) is 0.111. The molecule has 0 spiro atoms. The molecule has 8 heteroatoms. The Morgan fingerprint density at radius 1 is 1.08 bits per heavy atom. The Labute approximate surface area is 155 Å². The summed E-state index contributed by atoms with van der Waals surface area (Å²) < 4.78 is 22.4. The average Bonchev–Trinajstić information content (AvgIpc) is 3.12. The summed E-state index contributed by atoms with van der Waals surface area (Å²) in [5.41, 5.74) is 2.27. The maximum atomic E-state index is 12.2. The number of hydrogen-bond acceptors (Lipinski definition) is 5. The van der Waals surface area contributed by atoms with E-state index >= 15 is 0 Å². The van der Waals surface area contributed by atoms with E-state index in [0.717, 1.165) is 16.1 Å². The highest BCUT2D eigenvalue weighted by Crippen LogP contribution is 2.23. The van der Waals surface area contributed by atoms with Crippen LogP contribution >= 0.6 is 11.3 Å². The first kappa shape index (κ1) is 18.2. The zero-order valence-electron chi connectivity index (χ0n) is 13.8. The van der Waals surface area contributed by atoms with Crippen molar-refractivity contribution in [3.63, 3.8) is 0 Å². The summed E-state index contributed by atoms with van der Waals surface area (Å²) in [5.74, 6) is -0.232. The van der Waals surface area contributed by atoms with Crippen molar-refractivity contribution in [2.45, 2.75) is 11.3 Å². The number of amides is 1. The van der Waals surface area contributed by atoms with E-state index in [9.17, 15) is 13.2 Å². The van der Waals surface area contributed by atoms with Crippen molar-refractivity contribution >= 4 is 27.3 Å². The van der Waals surface area contributed by atoms with Crippen LogP contribution in [0.4, 0.5) is 0 Å².